The van der Waals surface area contributed by atoms with E-state index in [4.69, 9.17) is 22.2 Å². The quantitative estimate of drug-likeness (QED) is 0.651. The average molecular weight is 305 g/mol. The van der Waals surface area contributed by atoms with Gasteiger partial charge in [-0.05, 0) is 43.0 Å². The summed E-state index contributed by atoms with van der Waals surface area (Å²) in [6.07, 6.45) is 3.09. The number of hydrogen-bond donors (Lipinski definition) is 2. The molecule has 5 nitrogen and oxygen atoms in total. The first-order chi connectivity index (χ1) is 10.2. The SMILES string of the molecule is CCc1cc(Oc2cc(NN)nc(C3CC3)n2)ccc1Cl. The molecule has 1 aromatic heterocycles. The third-order valence-corrected chi connectivity index (χ3v) is 3.80. The Morgan fingerprint density at radius 3 is 2.81 bits per heavy atom. The van der Waals surface area contributed by atoms with Gasteiger partial charge in [-0.2, -0.15) is 4.98 Å². The molecule has 1 aliphatic carbocycles. The number of hydrazine groups is 1. The third-order valence-electron chi connectivity index (χ3n) is 3.43. The summed E-state index contributed by atoms with van der Waals surface area (Å²) in [4.78, 5) is 8.81. The molecule has 2 aromatic rings. The maximum absolute atomic E-state index is 6.11. The lowest BCUT2D eigenvalue weighted by molar-refractivity contribution is 0.458. The van der Waals surface area contributed by atoms with Gasteiger partial charge in [-0.15, -0.1) is 0 Å². The molecule has 21 heavy (non-hydrogen) atoms. The Hall–Kier alpha value is -1.85. The smallest absolute Gasteiger partial charge is 0.224 e. The zero-order valence-corrected chi connectivity index (χ0v) is 12.5. The largest absolute Gasteiger partial charge is 0.439 e. The maximum atomic E-state index is 6.11. The standard InChI is InChI=1S/C15H17ClN4O/c1-2-9-7-11(5-6-12(9)16)21-14-8-13(20-17)18-15(19-14)10-3-4-10/h5-8,10H,2-4,17H2,1H3,(H,18,19,20). The molecule has 0 atom stereocenters. The molecule has 0 bridgehead atoms. The van der Waals surface area contributed by atoms with E-state index in [1.54, 1.807) is 6.07 Å². The predicted octanol–water partition coefficient (Wildman–Crippen LogP) is 3.65. The molecule has 110 valence electrons. The zero-order valence-electron chi connectivity index (χ0n) is 11.8. The van der Waals surface area contributed by atoms with Crippen LogP contribution < -0.4 is 16.0 Å². The highest BCUT2D eigenvalue weighted by atomic mass is 35.5. The molecule has 0 unspecified atom stereocenters. The van der Waals surface area contributed by atoms with Gasteiger partial charge in [0, 0.05) is 17.0 Å². The van der Waals surface area contributed by atoms with Crippen molar-refractivity contribution in [1.82, 2.24) is 9.97 Å². The molecular formula is C15H17ClN4O. The van der Waals surface area contributed by atoms with E-state index in [0.29, 0.717) is 23.4 Å². The van der Waals surface area contributed by atoms with Crippen molar-refractivity contribution < 1.29 is 4.74 Å². The minimum absolute atomic E-state index is 0.428. The van der Waals surface area contributed by atoms with Crippen molar-refractivity contribution in [3.05, 3.63) is 40.7 Å². The summed E-state index contributed by atoms with van der Waals surface area (Å²) in [5, 5.41) is 0.746. The summed E-state index contributed by atoms with van der Waals surface area (Å²) < 4.78 is 5.83. The zero-order chi connectivity index (χ0) is 14.8. The second-order valence-electron chi connectivity index (χ2n) is 5.08. The summed E-state index contributed by atoms with van der Waals surface area (Å²) in [7, 11) is 0. The lowest BCUT2D eigenvalue weighted by Crippen LogP contribution is -2.10. The van der Waals surface area contributed by atoms with Crippen molar-refractivity contribution in [3.63, 3.8) is 0 Å². The number of benzene rings is 1. The number of nitrogens with one attached hydrogen (secondary N) is 1. The Balaban J connectivity index is 1.88. The number of anilines is 1. The molecular weight excluding hydrogens is 288 g/mol. The van der Waals surface area contributed by atoms with Gasteiger partial charge in [0.15, 0.2) is 0 Å². The fraction of sp³-hybridized carbons (Fsp3) is 0.333. The monoisotopic (exact) mass is 304 g/mol. The van der Waals surface area contributed by atoms with Gasteiger partial charge in [0.1, 0.15) is 17.4 Å². The van der Waals surface area contributed by atoms with Crippen LogP contribution in [0.5, 0.6) is 11.6 Å². The fourth-order valence-corrected chi connectivity index (χ4v) is 2.35. The maximum Gasteiger partial charge on any atom is 0.224 e. The Labute approximate surface area is 128 Å². The lowest BCUT2D eigenvalue weighted by atomic mass is 10.1. The Bertz CT molecular complexity index is 658. The van der Waals surface area contributed by atoms with Gasteiger partial charge in [0.05, 0.1) is 0 Å². The second-order valence-corrected chi connectivity index (χ2v) is 5.48. The van der Waals surface area contributed by atoms with Gasteiger partial charge in [-0.1, -0.05) is 18.5 Å². The third kappa shape index (κ3) is 3.25. The molecule has 3 rings (SSSR count). The minimum atomic E-state index is 0.428. The molecule has 1 aromatic carbocycles. The van der Waals surface area contributed by atoms with Crippen molar-refractivity contribution in [3.8, 4) is 11.6 Å². The van der Waals surface area contributed by atoms with E-state index in [1.807, 2.05) is 18.2 Å². The van der Waals surface area contributed by atoms with Crippen LogP contribution in [0.1, 0.15) is 37.1 Å². The van der Waals surface area contributed by atoms with Crippen LogP contribution in [0.2, 0.25) is 5.02 Å². The number of nitrogen functional groups attached to an aromatic ring is 1. The highest BCUT2D eigenvalue weighted by Crippen LogP contribution is 2.39. The van der Waals surface area contributed by atoms with Crippen molar-refractivity contribution in [2.45, 2.75) is 32.1 Å². The van der Waals surface area contributed by atoms with Crippen molar-refractivity contribution in [1.29, 1.82) is 0 Å². The summed E-state index contributed by atoms with van der Waals surface area (Å²) in [6.45, 7) is 2.05. The van der Waals surface area contributed by atoms with E-state index >= 15 is 0 Å². The summed E-state index contributed by atoms with van der Waals surface area (Å²) in [6, 6.07) is 7.28. The molecule has 6 heteroatoms. The molecule has 1 heterocycles. The summed E-state index contributed by atoms with van der Waals surface area (Å²) in [5.41, 5.74) is 3.60. The number of aromatic nitrogens is 2. The number of rotatable bonds is 5. The first-order valence-corrected chi connectivity index (χ1v) is 7.39. The van der Waals surface area contributed by atoms with Crippen molar-refractivity contribution in [2.24, 2.45) is 5.84 Å². The number of aryl methyl sites for hydroxylation is 1. The van der Waals surface area contributed by atoms with Gasteiger partial charge in [-0.25, -0.2) is 10.8 Å². The van der Waals surface area contributed by atoms with E-state index in [2.05, 4.69) is 22.3 Å². The van der Waals surface area contributed by atoms with E-state index < -0.39 is 0 Å². The normalized spacial score (nSPS) is 14.0. The molecule has 1 saturated carbocycles. The minimum Gasteiger partial charge on any atom is -0.439 e. The van der Waals surface area contributed by atoms with E-state index in [-0.39, 0.29) is 0 Å². The van der Waals surface area contributed by atoms with Crippen LogP contribution in [-0.4, -0.2) is 9.97 Å². The molecule has 0 saturated heterocycles. The Morgan fingerprint density at radius 2 is 2.14 bits per heavy atom. The predicted molar refractivity (Wildman–Crippen MR) is 82.7 cm³/mol. The molecule has 1 fully saturated rings. The Morgan fingerprint density at radius 1 is 1.33 bits per heavy atom. The highest BCUT2D eigenvalue weighted by molar-refractivity contribution is 6.31. The lowest BCUT2D eigenvalue weighted by Gasteiger charge is -2.10. The number of nitrogens with zero attached hydrogens (tertiary/aromatic N) is 2. The molecule has 0 radical (unpaired) electrons. The van der Waals surface area contributed by atoms with Crippen LogP contribution in [0.15, 0.2) is 24.3 Å². The van der Waals surface area contributed by atoms with Crippen molar-refractivity contribution in [2.75, 3.05) is 5.43 Å². The second kappa shape index (κ2) is 5.87. The van der Waals surface area contributed by atoms with Crippen molar-refractivity contribution >= 4 is 17.4 Å². The van der Waals surface area contributed by atoms with Gasteiger partial charge in [-0.3, -0.25) is 0 Å². The molecule has 0 spiro atoms. The fourth-order valence-electron chi connectivity index (χ4n) is 2.10. The summed E-state index contributed by atoms with van der Waals surface area (Å²) in [5.74, 6) is 8.42. The van der Waals surface area contributed by atoms with Crippen LogP contribution in [0.3, 0.4) is 0 Å². The number of halogens is 1. The van der Waals surface area contributed by atoms with E-state index in [9.17, 15) is 0 Å². The number of ether oxygens (including phenoxy) is 1. The topological polar surface area (TPSA) is 73.1 Å². The number of nitrogens with two attached hydrogens (primary N) is 1. The first kappa shape index (κ1) is 14.1. The Kier molecular flexibility index (Phi) is 3.94. The van der Waals surface area contributed by atoms with Gasteiger partial charge in [0.25, 0.3) is 0 Å². The van der Waals surface area contributed by atoms with E-state index in [0.717, 1.165) is 35.7 Å². The summed E-state index contributed by atoms with van der Waals surface area (Å²) >= 11 is 6.11. The molecule has 0 amide bonds. The van der Waals surface area contributed by atoms with Gasteiger partial charge < -0.3 is 10.2 Å². The number of hydrogen-bond acceptors (Lipinski definition) is 5. The van der Waals surface area contributed by atoms with Gasteiger partial charge >= 0.3 is 0 Å². The first-order valence-electron chi connectivity index (χ1n) is 7.01. The van der Waals surface area contributed by atoms with Gasteiger partial charge in [0.2, 0.25) is 5.88 Å². The van der Waals surface area contributed by atoms with Crippen LogP contribution in [0.25, 0.3) is 0 Å². The van der Waals surface area contributed by atoms with Crippen LogP contribution >= 0.6 is 11.6 Å². The highest BCUT2D eigenvalue weighted by Gasteiger charge is 2.27. The molecule has 0 aliphatic heterocycles. The van der Waals surface area contributed by atoms with Crippen LogP contribution in [-0.2, 0) is 6.42 Å². The van der Waals surface area contributed by atoms with E-state index in [1.165, 1.54) is 0 Å². The molecule has 1 aliphatic rings. The average Bonchev–Trinajstić information content (AvgIpc) is 3.33. The van der Waals surface area contributed by atoms with Crippen LogP contribution in [0.4, 0.5) is 5.82 Å². The van der Waals surface area contributed by atoms with Crippen LogP contribution in [0, 0.1) is 0 Å². The molecule has 3 N–H and O–H groups in total.